The molecule has 1 aliphatic rings. The number of benzene rings is 1. The first kappa shape index (κ1) is 29.4. The fourth-order valence-corrected chi connectivity index (χ4v) is 5.68. The fraction of sp³-hybridized carbons (Fsp3) is 0.348. The van der Waals surface area contributed by atoms with E-state index in [4.69, 9.17) is 38.4 Å². The molecule has 41 heavy (non-hydrogen) atoms. The third-order valence-corrected chi connectivity index (χ3v) is 7.85. The van der Waals surface area contributed by atoms with Gasteiger partial charge in [0.05, 0.1) is 29.7 Å². The van der Waals surface area contributed by atoms with Crippen molar-refractivity contribution in [3.8, 4) is 16.4 Å². The van der Waals surface area contributed by atoms with Gasteiger partial charge < -0.3 is 25.4 Å². The summed E-state index contributed by atoms with van der Waals surface area (Å²) < 4.78 is 55.8. The van der Waals surface area contributed by atoms with Gasteiger partial charge in [0.1, 0.15) is 46.3 Å². The van der Waals surface area contributed by atoms with Crippen LogP contribution in [0.15, 0.2) is 35.8 Å². The molecule has 1 amide bonds. The molecule has 1 fully saturated rings. The van der Waals surface area contributed by atoms with Crippen molar-refractivity contribution in [1.29, 1.82) is 0 Å². The maximum absolute atomic E-state index is 14.0. The number of methoxy groups -OCH3 is 1. The third-order valence-electron chi connectivity index (χ3n) is 6.42. The molecule has 218 valence electrons. The molecular formula is C23H20Cl2F3N7O5S. The van der Waals surface area contributed by atoms with Gasteiger partial charge in [-0.05, 0) is 24.3 Å². The molecule has 0 bridgehead atoms. The number of hydrogen-bond acceptors (Lipinski definition) is 10. The molecule has 0 saturated carbocycles. The minimum absolute atomic E-state index is 0.0399. The number of ether oxygens (including phenoxy) is 2. The van der Waals surface area contributed by atoms with E-state index >= 15 is 0 Å². The van der Waals surface area contributed by atoms with Crippen molar-refractivity contribution in [3.05, 3.63) is 63.0 Å². The summed E-state index contributed by atoms with van der Waals surface area (Å²) in [4.78, 5) is 16.2. The minimum atomic E-state index is -4.83. The lowest BCUT2D eigenvalue weighted by atomic mass is 9.90. The molecule has 5 atom stereocenters. The van der Waals surface area contributed by atoms with Crippen molar-refractivity contribution in [2.24, 2.45) is 5.73 Å². The zero-order valence-electron chi connectivity index (χ0n) is 20.7. The van der Waals surface area contributed by atoms with Gasteiger partial charge in [0.2, 0.25) is 0 Å². The molecule has 1 aliphatic heterocycles. The molecule has 4 N–H and O–H groups in total. The van der Waals surface area contributed by atoms with E-state index in [1.807, 2.05) is 0 Å². The van der Waals surface area contributed by atoms with Gasteiger partial charge in [0, 0.05) is 17.5 Å². The number of aromatic nitrogens is 6. The Morgan fingerprint density at radius 1 is 1.29 bits per heavy atom. The summed E-state index contributed by atoms with van der Waals surface area (Å²) in [6.45, 7) is -0.685. The topological polar surface area (TPSA) is 163 Å². The molecule has 18 heteroatoms. The molecule has 1 saturated heterocycles. The molecule has 12 nitrogen and oxygen atoms in total. The van der Waals surface area contributed by atoms with Crippen molar-refractivity contribution in [2.75, 3.05) is 13.7 Å². The van der Waals surface area contributed by atoms with Crippen LogP contribution in [0.2, 0.25) is 10.2 Å². The van der Waals surface area contributed by atoms with Crippen LogP contribution in [0.4, 0.5) is 13.2 Å². The highest BCUT2D eigenvalue weighted by molar-refractivity contribution is 7.13. The van der Waals surface area contributed by atoms with Crippen molar-refractivity contribution in [1.82, 2.24) is 29.8 Å². The van der Waals surface area contributed by atoms with Gasteiger partial charge >= 0.3 is 6.18 Å². The van der Waals surface area contributed by atoms with Gasteiger partial charge in [-0.15, -0.1) is 16.4 Å². The summed E-state index contributed by atoms with van der Waals surface area (Å²) in [7, 11) is 1.29. The van der Waals surface area contributed by atoms with Gasteiger partial charge in [-0.3, -0.25) is 4.79 Å². The predicted octanol–water partition coefficient (Wildman–Crippen LogP) is 3.06. The van der Waals surface area contributed by atoms with E-state index in [0.717, 1.165) is 28.9 Å². The minimum Gasteiger partial charge on any atom is -0.394 e. The molecule has 4 aromatic rings. The largest absolute Gasteiger partial charge is 0.418 e. The van der Waals surface area contributed by atoms with Crippen molar-refractivity contribution in [3.63, 3.8) is 0 Å². The maximum Gasteiger partial charge on any atom is 0.418 e. The first-order valence-electron chi connectivity index (χ1n) is 11.7. The molecule has 5 rings (SSSR count). The van der Waals surface area contributed by atoms with E-state index in [2.05, 4.69) is 20.4 Å². The Balaban J connectivity index is 1.66. The average molecular weight is 634 g/mol. The quantitative estimate of drug-likeness (QED) is 0.277. The summed E-state index contributed by atoms with van der Waals surface area (Å²) in [6.07, 6.45) is -8.51. The normalized spacial score (nSPS) is 23.2. The fourth-order valence-electron chi connectivity index (χ4n) is 4.62. The zero-order chi connectivity index (χ0) is 29.6. The zero-order valence-corrected chi connectivity index (χ0v) is 23.1. The van der Waals surface area contributed by atoms with Gasteiger partial charge in [-0.2, -0.15) is 18.3 Å². The summed E-state index contributed by atoms with van der Waals surface area (Å²) in [5.41, 5.74) is 3.65. The number of amides is 1. The number of carbonyl (C=O) groups is 1. The van der Waals surface area contributed by atoms with Gasteiger partial charge in [0.15, 0.2) is 5.69 Å². The molecule has 3 aromatic heterocycles. The number of primary amides is 1. The van der Waals surface area contributed by atoms with Gasteiger partial charge in [0.25, 0.3) is 5.91 Å². The van der Waals surface area contributed by atoms with Crippen LogP contribution in [-0.2, 0) is 15.7 Å². The summed E-state index contributed by atoms with van der Waals surface area (Å²) in [5, 5.41) is 35.6. The third kappa shape index (κ3) is 5.55. The smallest absolute Gasteiger partial charge is 0.394 e. The first-order chi connectivity index (χ1) is 19.4. The number of nitrogens with two attached hydrogens (primary N) is 1. The molecular weight excluding hydrogens is 614 g/mol. The highest BCUT2D eigenvalue weighted by atomic mass is 35.5. The lowest BCUT2D eigenvalue weighted by Gasteiger charge is -2.43. The lowest BCUT2D eigenvalue weighted by molar-refractivity contribution is -0.216. The Morgan fingerprint density at radius 2 is 2.05 bits per heavy atom. The lowest BCUT2D eigenvalue weighted by Crippen LogP contribution is -2.53. The van der Waals surface area contributed by atoms with E-state index in [-0.39, 0.29) is 21.6 Å². The van der Waals surface area contributed by atoms with E-state index in [9.17, 15) is 28.2 Å². The number of thiazole rings is 1. The molecule has 1 aromatic carbocycles. The van der Waals surface area contributed by atoms with Gasteiger partial charge in [-0.1, -0.05) is 28.4 Å². The maximum atomic E-state index is 14.0. The monoisotopic (exact) mass is 633 g/mol. The van der Waals surface area contributed by atoms with Crippen LogP contribution in [0.5, 0.6) is 0 Å². The van der Waals surface area contributed by atoms with Crippen molar-refractivity contribution >= 4 is 40.4 Å². The van der Waals surface area contributed by atoms with Crippen LogP contribution >= 0.6 is 34.5 Å². The van der Waals surface area contributed by atoms with Crippen LogP contribution in [0.1, 0.15) is 33.9 Å². The first-order valence-corrected chi connectivity index (χ1v) is 13.3. The van der Waals surface area contributed by atoms with Gasteiger partial charge in [-0.25, -0.2) is 14.3 Å². The Labute approximate surface area is 243 Å². The van der Waals surface area contributed by atoms with Crippen molar-refractivity contribution in [2.45, 2.75) is 36.6 Å². The second-order valence-electron chi connectivity index (χ2n) is 8.91. The number of nitrogens with zero attached hydrogens (tertiary/aromatic N) is 6. The molecule has 0 radical (unpaired) electrons. The Kier molecular flexibility index (Phi) is 8.08. The van der Waals surface area contributed by atoms with Crippen LogP contribution in [0.3, 0.4) is 0 Å². The van der Waals surface area contributed by atoms with Crippen LogP contribution < -0.4 is 5.73 Å². The molecule has 4 heterocycles. The van der Waals surface area contributed by atoms with E-state index < -0.39 is 60.4 Å². The number of aliphatic hydroxyl groups excluding tert-OH is 2. The predicted molar refractivity (Wildman–Crippen MR) is 139 cm³/mol. The molecule has 0 aliphatic carbocycles. The second-order valence-corrected chi connectivity index (χ2v) is 10.6. The van der Waals surface area contributed by atoms with E-state index in [1.165, 1.54) is 29.3 Å². The average Bonchev–Trinajstić information content (AvgIpc) is 3.67. The molecule has 0 spiro atoms. The Morgan fingerprint density at radius 3 is 2.66 bits per heavy atom. The number of alkyl halides is 3. The Bertz CT molecular complexity index is 1580. The standard InChI is InChI=1S/C23H20Cl2F3N7O5S/c1-39-20-17(34-6-12(31-33-34)22-30-16(25)8-41-22)18(37)15(7-36)40-19(20)14-5-11(21(29)38)32-35(14)13-4-9(24)2-3-10(13)23(26,27)28/h2-6,8,15,17-20,36-37H,7H2,1H3,(H2,29,38)/t15-,17+,18+,19+,20-/m1/s1. The summed E-state index contributed by atoms with van der Waals surface area (Å²) in [5.74, 6) is -1.02. The highest BCUT2D eigenvalue weighted by Crippen LogP contribution is 2.42. The molecule has 0 unspecified atom stereocenters. The Hall–Kier alpha value is -3.12. The van der Waals surface area contributed by atoms with E-state index in [1.54, 1.807) is 5.38 Å². The second kappa shape index (κ2) is 11.3. The summed E-state index contributed by atoms with van der Waals surface area (Å²) in [6, 6.07) is 2.91. The van der Waals surface area contributed by atoms with Crippen LogP contribution in [-0.4, -0.2) is 77.9 Å². The number of halogens is 5. The number of rotatable bonds is 7. The van der Waals surface area contributed by atoms with Crippen molar-refractivity contribution < 1.29 is 37.7 Å². The van der Waals surface area contributed by atoms with E-state index in [0.29, 0.717) is 10.7 Å². The van der Waals surface area contributed by atoms with Crippen LogP contribution in [0, 0.1) is 0 Å². The highest BCUT2D eigenvalue weighted by Gasteiger charge is 2.49. The summed E-state index contributed by atoms with van der Waals surface area (Å²) >= 11 is 13.2. The SMILES string of the molecule is CO[C@@H]1[C@@H](n2cc(-c3nc(Cl)cs3)nn2)[C@@H](O)[C@@H](CO)O[C@H]1c1cc(C(N)=O)nn1-c1cc(Cl)ccc1C(F)(F)F. The number of hydrogen-bond donors (Lipinski definition) is 3. The van der Waals surface area contributed by atoms with Crippen LogP contribution in [0.25, 0.3) is 16.4 Å². The number of carbonyl (C=O) groups excluding carboxylic acids is 1. The number of aliphatic hydroxyl groups is 2.